The van der Waals surface area contributed by atoms with Crippen molar-refractivity contribution in [1.82, 2.24) is 0 Å². The van der Waals surface area contributed by atoms with Gasteiger partial charge in [0.2, 0.25) is 0 Å². The Labute approximate surface area is 101 Å². The number of hydrogen-bond acceptors (Lipinski definition) is 5. The van der Waals surface area contributed by atoms with Crippen LogP contribution in [0.1, 0.15) is 20.3 Å². The predicted octanol–water partition coefficient (Wildman–Crippen LogP) is 0.859. The van der Waals surface area contributed by atoms with Gasteiger partial charge in [-0.05, 0) is 12.2 Å². The first-order chi connectivity index (χ1) is 7.61. The van der Waals surface area contributed by atoms with Gasteiger partial charge in [-0.15, -0.1) is 0 Å². The molecule has 1 aliphatic rings. The number of rotatable bonds is 5. The van der Waals surface area contributed by atoms with E-state index in [0.717, 1.165) is 17.9 Å². The van der Waals surface area contributed by atoms with Gasteiger partial charge in [0.15, 0.2) is 6.29 Å². The Kier molecular flexibility index (Phi) is 6.07. The number of hydrogen-bond donors (Lipinski definition) is 2. The zero-order valence-electron chi connectivity index (χ0n) is 10.1. The summed E-state index contributed by atoms with van der Waals surface area (Å²) in [5.74, 6) is 1.85. The lowest BCUT2D eigenvalue weighted by Gasteiger charge is -2.40. The summed E-state index contributed by atoms with van der Waals surface area (Å²) in [5.41, 5.74) is 0. The second-order valence-corrected chi connectivity index (χ2v) is 5.34. The number of methoxy groups -OCH3 is 1. The fraction of sp³-hybridized carbons (Fsp3) is 1.00. The highest BCUT2D eigenvalue weighted by molar-refractivity contribution is 7.99. The van der Waals surface area contributed by atoms with Crippen LogP contribution in [0.5, 0.6) is 0 Å². The van der Waals surface area contributed by atoms with Gasteiger partial charge in [-0.1, -0.05) is 13.8 Å². The Hall–Kier alpha value is 0.190. The molecule has 0 amide bonds. The smallest absolute Gasteiger partial charge is 0.186 e. The highest BCUT2D eigenvalue weighted by atomic mass is 32.2. The van der Waals surface area contributed by atoms with Crippen LogP contribution >= 0.6 is 11.8 Å². The van der Waals surface area contributed by atoms with Crippen molar-refractivity contribution >= 4 is 11.8 Å². The van der Waals surface area contributed by atoms with Crippen LogP contribution in [0.3, 0.4) is 0 Å². The summed E-state index contributed by atoms with van der Waals surface area (Å²) in [6.07, 6.45) is -1.36. The van der Waals surface area contributed by atoms with Crippen LogP contribution in [0.4, 0.5) is 0 Å². The molecular weight excluding hydrogens is 228 g/mol. The molecule has 96 valence electrons. The molecule has 1 saturated heterocycles. The van der Waals surface area contributed by atoms with Crippen molar-refractivity contribution in [3.8, 4) is 0 Å². The van der Waals surface area contributed by atoms with E-state index in [9.17, 15) is 10.2 Å². The van der Waals surface area contributed by atoms with Crippen LogP contribution in [0.2, 0.25) is 0 Å². The van der Waals surface area contributed by atoms with Gasteiger partial charge < -0.3 is 19.7 Å². The van der Waals surface area contributed by atoms with E-state index in [-0.39, 0.29) is 12.0 Å². The molecule has 1 aliphatic heterocycles. The van der Waals surface area contributed by atoms with Crippen LogP contribution in [-0.2, 0) is 9.47 Å². The van der Waals surface area contributed by atoms with Crippen LogP contribution in [-0.4, -0.2) is 53.4 Å². The molecule has 0 bridgehead atoms. The summed E-state index contributed by atoms with van der Waals surface area (Å²) < 4.78 is 10.6. The van der Waals surface area contributed by atoms with E-state index in [2.05, 4.69) is 6.92 Å². The molecule has 16 heavy (non-hydrogen) atoms. The van der Waals surface area contributed by atoms with E-state index < -0.39 is 18.5 Å². The Morgan fingerprint density at radius 3 is 2.56 bits per heavy atom. The molecule has 0 radical (unpaired) electrons. The molecule has 5 atom stereocenters. The normalized spacial score (nSPS) is 39.9. The van der Waals surface area contributed by atoms with Crippen molar-refractivity contribution in [2.24, 2.45) is 5.92 Å². The molecule has 0 aliphatic carbocycles. The summed E-state index contributed by atoms with van der Waals surface area (Å²) in [4.78, 5) is 0. The molecule has 4 nitrogen and oxygen atoms in total. The third-order valence-corrected chi connectivity index (χ3v) is 4.19. The fourth-order valence-electron chi connectivity index (χ4n) is 1.80. The highest BCUT2D eigenvalue weighted by Crippen LogP contribution is 2.28. The Bertz CT molecular complexity index is 200. The minimum absolute atomic E-state index is 0.0556. The second kappa shape index (κ2) is 6.81. The first kappa shape index (κ1) is 14.3. The van der Waals surface area contributed by atoms with Crippen molar-refractivity contribution in [3.05, 3.63) is 0 Å². The SMILES string of the molecule is CCCSCC1O[C@H](OC)C(O)[C@@H](O)C1C. The van der Waals surface area contributed by atoms with Gasteiger partial charge in [0.05, 0.1) is 12.2 Å². The van der Waals surface area contributed by atoms with Crippen molar-refractivity contribution in [2.75, 3.05) is 18.6 Å². The number of aliphatic hydroxyl groups excluding tert-OH is 2. The zero-order valence-corrected chi connectivity index (χ0v) is 10.9. The van der Waals surface area contributed by atoms with Crippen LogP contribution < -0.4 is 0 Å². The summed E-state index contributed by atoms with van der Waals surface area (Å²) in [5, 5.41) is 19.5. The summed E-state index contributed by atoms with van der Waals surface area (Å²) >= 11 is 1.81. The molecule has 1 heterocycles. The molecule has 0 aromatic carbocycles. The van der Waals surface area contributed by atoms with E-state index in [1.807, 2.05) is 6.92 Å². The van der Waals surface area contributed by atoms with E-state index in [1.54, 1.807) is 11.8 Å². The van der Waals surface area contributed by atoms with Crippen molar-refractivity contribution in [2.45, 2.75) is 44.9 Å². The quantitative estimate of drug-likeness (QED) is 0.709. The molecule has 0 saturated carbocycles. The zero-order chi connectivity index (χ0) is 12.1. The van der Waals surface area contributed by atoms with Crippen LogP contribution in [0.25, 0.3) is 0 Å². The Morgan fingerprint density at radius 2 is 2.00 bits per heavy atom. The monoisotopic (exact) mass is 250 g/mol. The molecule has 1 fully saturated rings. The van der Waals surface area contributed by atoms with Gasteiger partial charge in [-0.3, -0.25) is 0 Å². The van der Waals surface area contributed by atoms with Gasteiger partial charge in [0, 0.05) is 18.8 Å². The lowest BCUT2D eigenvalue weighted by atomic mass is 9.91. The predicted molar refractivity (Wildman–Crippen MR) is 64.5 cm³/mol. The summed E-state index contributed by atoms with van der Waals surface area (Å²) in [6.45, 7) is 4.03. The number of thioether (sulfide) groups is 1. The van der Waals surface area contributed by atoms with E-state index in [1.165, 1.54) is 7.11 Å². The van der Waals surface area contributed by atoms with E-state index in [0.29, 0.717) is 0 Å². The van der Waals surface area contributed by atoms with Gasteiger partial charge >= 0.3 is 0 Å². The van der Waals surface area contributed by atoms with Crippen molar-refractivity contribution in [1.29, 1.82) is 0 Å². The molecule has 0 aromatic heterocycles. The molecule has 5 heteroatoms. The largest absolute Gasteiger partial charge is 0.390 e. The molecule has 0 spiro atoms. The average molecular weight is 250 g/mol. The van der Waals surface area contributed by atoms with Crippen molar-refractivity contribution < 1.29 is 19.7 Å². The molecule has 2 N–H and O–H groups in total. The average Bonchev–Trinajstić information content (AvgIpc) is 2.29. The number of ether oxygens (including phenoxy) is 2. The Morgan fingerprint density at radius 1 is 1.31 bits per heavy atom. The summed E-state index contributed by atoms with van der Waals surface area (Å²) in [7, 11) is 1.48. The summed E-state index contributed by atoms with van der Waals surface area (Å²) in [6, 6.07) is 0. The maximum Gasteiger partial charge on any atom is 0.186 e. The topological polar surface area (TPSA) is 58.9 Å². The molecule has 0 aromatic rings. The Balaban J connectivity index is 2.50. The number of aliphatic hydroxyl groups is 2. The van der Waals surface area contributed by atoms with Gasteiger partial charge in [0.25, 0.3) is 0 Å². The molecule has 1 rings (SSSR count). The lowest BCUT2D eigenvalue weighted by molar-refractivity contribution is -0.270. The maximum absolute atomic E-state index is 9.86. The van der Waals surface area contributed by atoms with E-state index in [4.69, 9.17) is 9.47 Å². The lowest BCUT2D eigenvalue weighted by Crippen LogP contribution is -2.54. The third-order valence-electron chi connectivity index (χ3n) is 2.93. The van der Waals surface area contributed by atoms with Gasteiger partial charge in [-0.25, -0.2) is 0 Å². The standard InChI is InChI=1S/C11H22O4S/c1-4-5-16-6-8-7(2)9(12)10(13)11(14-3)15-8/h7-13H,4-6H2,1-3H3/t7?,8?,9-,10?,11-/m0/s1. The minimum Gasteiger partial charge on any atom is -0.390 e. The minimum atomic E-state index is -0.951. The van der Waals surface area contributed by atoms with Crippen LogP contribution in [0, 0.1) is 5.92 Å². The highest BCUT2D eigenvalue weighted by Gasteiger charge is 2.41. The fourth-order valence-corrected chi connectivity index (χ4v) is 2.87. The first-order valence-corrected chi connectivity index (χ1v) is 6.89. The molecule has 3 unspecified atom stereocenters. The second-order valence-electron chi connectivity index (χ2n) is 4.19. The van der Waals surface area contributed by atoms with Gasteiger partial charge in [0.1, 0.15) is 6.10 Å². The van der Waals surface area contributed by atoms with Crippen molar-refractivity contribution in [3.63, 3.8) is 0 Å². The van der Waals surface area contributed by atoms with Crippen LogP contribution in [0.15, 0.2) is 0 Å². The first-order valence-electron chi connectivity index (χ1n) is 5.74. The maximum atomic E-state index is 9.86. The molecular formula is C11H22O4S. The van der Waals surface area contributed by atoms with Gasteiger partial charge in [-0.2, -0.15) is 11.8 Å². The van der Waals surface area contributed by atoms with E-state index >= 15 is 0 Å². The third kappa shape index (κ3) is 3.34.